The number of nitrogens with zero attached hydrogens (tertiary/aromatic N) is 4. The van der Waals surface area contributed by atoms with E-state index in [-0.39, 0.29) is 1.43 Å². The van der Waals surface area contributed by atoms with E-state index in [1.807, 2.05) is 18.3 Å². The minimum atomic E-state index is -3.03. The zero-order chi connectivity index (χ0) is 28.2. The number of aromatic nitrogens is 1. The minimum absolute atomic E-state index is 0. The van der Waals surface area contributed by atoms with Crippen molar-refractivity contribution in [3.63, 3.8) is 0 Å². The molecular weight excluding hydrogens is 504 g/mol. The van der Waals surface area contributed by atoms with Gasteiger partial charge in [0.25, 0.3) is 0 Å². The largest absolute Gasteiger partial charge is 0.371 e. The van der Waals surface area contributed by atoms with Crippen molar-refractivity contribution in [1.82, 2.24) is 14.2 Å². The highest BCUT2D eigenvalue weighted by Gasteiger charge is 2.29. The molecule has 0 spiro atoms. The molecule has 5 rings (SSSR count). The number of piperazine rings is 1. The molecule has 2 aromatic rings. The number of hydrogen-bond acceptors (Lipinski definition) is 5. The van der Waals surface area contributed by atoms with Gasteiger partial charge in [0.1, 0.15) is 0 Å². The number of anilines is 1. The number of aryl methyl sites for hydroxylation is 2. The van der Waals surface area contributed by atoms with Crippen LogP contribution in [0.1, 0.15) is 42.6 Å². The minimum Gasteiger partial charge on any atom is -0.371 e. The molecular formula is C32H44N4O2S. The molecule has 2 fully saturated rings. The average Bonchev–Trinajstić information content (AvgIpc) is 2.88. The molecule has 0 amide bonds. The van der Waals surface area contributed by atoms with Crippen LogP contribution in [0.25, 0.3) is 6.08 Å². The van der Waals surface area contributed by atoms with E-state index in [0.717, 1.165) is 43.5 Å². The Morgan fingerprint density at radius 3 is 2.46 bits per heavy atom. The van der Waals surface area contributed by atoms with Gasteiger partial charge in [-0.05, 0) is 79.1 Å². The van der Waals surface area contributed by atoms with E-state index in [1.54, 1.807) is 4.31 Å². The smallest absolute Gasteiger partial charge is 0.211 e. The summed E-state index contributed by atoms with van der Waals surface area (Å²) in [5.74, 6) is 1.21. The van der Waals surface area contributed by atoms with Crippen LogP contribution in [0.4, 0.5) is 5.69 Å². The monoisotopic (exact) mass is 548 g/mol. The lowest BCUT2D eigenvalue weighted by atomic mass is 9.79. The highest BCUT2D eigenvalue weighted by molar-refractivity contribution is 7.88. The molecule has 0 saturated carbocycles. The second-order valence-electron chi connectivity index (χ2n) is 10.9. The molecule has 2 saturated heterocycles. The van der Waals surface area contributed by atoms with E-state index in [4.69, 9.17) is 0 Å². The number of fused-ring (bicyclic) bond motifs is 1. The highest BCUT2D eigenvalue weighted by Crippen LogP contribution is 2.38. The van der Waals surface area contributed by atoms with Gasteiger partial charge in [0.15, 0.2) is 0 Å². The standard InChI is InChI=1S/C20H24N2.C12H18N2O2S.H2/c1-5-16(4)22-12-17(13-22)7-9-19-14(2)6-8-18-11-21-15(3)10-20(18)19;1-11-4-3-5-12(10-11)13-6-8-14(9-7-13)17(2,15)16;/h5-6,8,10-11,17,19H,1-2,4,7,9,12-13H2,3H3;3-5,10H,6-9H2,1-2H3;1H. The van der Waals surface area contributed by atoms with E-state index in [1.165, 1.54) is 47.0 Å². The highest BCUT2D eigenvalue weighted by atomic mass is 32.2. The molecule has 1 aromatic carbocycles. The molecule has 0 radical (unpaired) electrons. The van der Waals surface area contributed by atoms with Crippen molar-refractivity contribution in [3.8, 4) is 0 Å². The number of likely N-dealkylation sites (tertiary alicyclic amines) is 1. The topological polar surface area (TPSA) is 56.8 Å². The quantitative estimate of drug-likeness (QED) is 0.410. The van der Waals surface area contributed by atoms with Crippen LogP contribution in [-0.2, 0) is 10.0 Å². The molecule has 1 unspecified atom stereocenters. The van der Waals surface area contributed by atoms with E-state index < -0.39 is 10.0 Å². The molecule has 0 N–H and O–H groups in total. The van der Waals surface area contributed by atoms with Crippen molar-refractivity contribution < 1.29 is 9.84 Å². The second-order valence-corrected chi connectivity index (χ2v) is 12.9. The molecule has 6 nitrogen and oxygen atoms in total. The summed E-state index contributed by atoms with van der Waals surface area (Å²) < 4.78 is 24.3. The summed E-state index contributed by atoms with van der Waals surface area (Å²) in [5.41, 5.74) is 8.41. The summed E-state index contributed by atoms with van der Waals surface area (Å²) in [6.45, 7) is 21.1. The number of benzene rings is 1. The molecule has 1 aromatic heterocycles. The SMILES string of the molecule is C=CC(=C)N1CC(CCC2C(=C)C=Cc3cnc(C)cc32)C1.Cc1cccc(N2CCN(S(C)(=O)=O)CC2)c1.[HH]. The molecule has 3 aliphatic rings. The van der Waals surface area contributed by atoms with Crippen LogP contribution < -0.4 is 4.90 Å². The van der Waals surface area contributed by atoms with Crippen molar-refractivity contribution in [2.24, 2.45) is 5.92 Å². The van der Waals surface area contributed by atoms with E-state index in [0.29, 0.717) is 19.0 Å². The number of rotatable bonds is 7. The maximum Gasteiger partial charge on any atom is 0.211 e. The van der Waals surface area contributed by atoms with Crippen LogP contribution in [0.2, 0.25) is 0 Å². The van der Waals surface area contributed by atoms with Crippen molar-refractivity contribution in [2.45, 2.75) is 32.6 Å². The van der Waals surface area contributed by atoms with Gasteiger partial charge < -0.3 is 9.80 Å². The lowest BCUT2D eigenvalue weighted by Crippen LogP contribution is -2.48. The van der Waals surface area contributed by atoms with E-state index >= 15 is 0 Å². The molecule has 2 aliphatic heterocycles. The first-order valence-corrected chi connectivity index (χ1v) is 15.6. The Labute approximate surface area is 236 Å². The summed E-state index contributed by atoms with van der Waals surface area (Å²) in [6, 6.07) is 10.5. The Morgan fingerprint density at radius 1 is 1.10 bits per heavy atom. The third-order valence-corrected chi connectivity index (χ3v) is 9.25. The first kappa shape index (κ1) is 28.8. The van der Waals surface area contributed by atoms with E-state index in [2.05, 4.69) is 84.8 Å². The van der Waals surface area contributed by atoms with Gasteiger partial charge in [0, 0.05) is 69.9 Å². The van der Waals surface area contributed by atoms with Crippen LogP contribution in [0.3, 0.4) is 0 Å². The Bertz CT molecular complexity index is 1360. The van der Waals surface area contributed by atoms with Gasteiger partial charge in [-0.3, -0.25) is 4.98 Å². The van der Waals surface area contributed by atoms with Crippen molar-refractivity contribution in [3.05, 3.63) is 102 Å². The number of hydrogen-bond donors (Lipinski definition) is 0. The molecule has 7 heteroatoms. The zero-order valence-electron chi connectivity index (χ0n) is 23.6. The van der Waals surface area contributed by atoms with Gasteiger partial charge in [-0.25, -0.2) is 8.42 Å². The van der Waals surface area contributed by atoms with Gasteiger partial charge in [0.2, 0.25) is 10.0 Å². The van der Waals surface area contributed by atoms with Gasteiger partial charge in [-0.2, -0.15) is 4.31 Å². The average molecular weight is 549 g/mol. The molecule has 3 heterocycles. The second kappa shape index (κ2) is 12.3. The molecule has 210 valence electrons. The fourth-order valence-electron chi connectivity index (χ4n) is 5.51. The fraction of sp³-hybridized carbons (Fsp3) is 0.406. The Balaban J connectivity index is 0.000000222. The normalized spacial score (nSPS) is 19.6. The van der Waals surface area contributed by atoms with Gasteiger partial charge in [0.05, 0.1) is 6.26 Å². The van der Waals surface area contributed by atoms with Crippen LogP contribution in [0, 0.1) is 19.8 Å². The predicted octanol–water partition coefficient (Wildman–Crippen LogP) is 5.79. The summed E-state index contributed by atoms with van der Waals surface area (Å²) in [6.07, 6.45) is 11.8. The Hall–Kier alpha value is -3.16. The van der Waals surface area contributed by atoms with Crippen LogP contribution in [-0.4, -0.2) is 68.1 Å². The maximum absolute atomic E-state index is 11.4. The van der Waals surface area contributed by atoms with Crippen LogP contribution >= 0.6 is 0 Å². The Kier molecular flexibility index (Phi) is 9.13. The predicted molar refractivity (Wildman–Crippen MR) is 165 cm³/mol. The third-order valence-electron chi connectivity index (χ3n) is 7.94. The summed E-state index contributed by atoms with van der Waals surface area (Å²) in [5, 5.41) is 0. The summed E-state index contributed by atoms with van der Waals surface area (Å²) >= 11 is 0. The van der Waals surface area contributed by atoms with Crippen LogP contribution in [0.15, 0.2) is 79.7 Å². The Morgan fingerprint density at radius 2 is 1.82 bits per heavy atom. The molecule has 0 bridgehead atoms. The molecule has 1 atom stereocenters. The number of sulfonamides is 1. The molecule has 39 heavy (non-hydrogen) atoms. The fourth-order valence-corrected chi connectivity index (χ4v) is 6.33. The lowest BCUT2D eigenvalue weighted by Gasteiger charge is -2.42. The van der Waals surface area contributed by atoms with Gasteiger partial charge >= 0.3 is 0 Å². The maximum atomic E-state index is 11.4. The van der Waals surface area contributed by atoms with Gasteiger partial charge in [-0.15, -0.1) is 0 Å². The summed E-state index contributed by atoms with van der Waals surface area (Å²) in [4.78, 5) is 8.94. The zero-order valence-corrected chi connectivity index (χ0v) is 24.5. The van der Waals surface area contributed by atoms with Crippen molar-refractivity contribution in [2.75, 3.05) is 50.4 Å². The van der Waals surface area contributed by atoms with Crippen LogP contribution in [0.5, 0.6) is 0 Å². The number of pyridine rings is 1. The first-order valence-electron chi connectivity index (χ1n) is 13.7. The van der Waals surface area contributed by atoms with Crippen molar-refractivity contribution in [1.29, 1.82) is 0 Å². The van der Waals surface area contributed by atoms with Gasteiger partial charge in [-0.1, -0.05) is 44.0 Å². The number of allylic oxidation sites excluding steroid dienone is 3. The molecule has 1 aliphatic carbocycles. The van der Waals surface area contributed by atoms with Crippen molar-refractivity contribution >= 4 is 21.8 Å². The van der Waals surface area contributed by atoms with E-state index in [9.17, 15) is 8.42 Å². The third kappa shape index (κ3) is 7.28. The lowest BCUT2D eigenvalue weighted by molar-refractivity contribution is 0.137. The summed E-state index contributed by atoms with van der Waals surface area (Å²) in [7, 11) is -3.03. The first-order chi connectivity index (χ1) is 18.5.